The number of nitrogens with two attached hydrogens (primary N) is 1. The lowest BCUT2D eigenvalue weighted by Gasteiger charge is -2.51. The first-order valence-corrected chi connectivity index (χ1v) is 15.5. The summed E-state index contributed by atoms with van der Waals surface area (Å²) in [4.78, 5) is 35.9. The molecule has 1 aromatic rings. The lowest BCUT2D eigenvalue weighted by atomic mass is 9.69. The monoisotopic (exact) mass is 568 g/mol. The van der Waals surface area contributed by atoms with Gasteiger partial charge in [0.1, 0.15) is 11.3 Å². The third-order valence-electron chi connectivity index (χ3n) is 9.54. The number of carboxylic acid groups (broad SMARTS) is 1. The van der Waals surface area contributed by atoms with Crippen LogP contribution in [-0.4, -0.2) is 64.1 Å². The number of rotatable bonds is 7. The first-order valence-electron chi connectivity index (χ1n) is 15.5. The lowest BCUT2D eigenvalue weighted by molar-refractivity contribution is -0.143. The number of carbonyl (C=O) groups excluding carboxylic acids is 1. The van der Waals surface area contributed by atoms with Crippen molar-refractivity contribution in [3.8, 4) is 0 Å². The van der Waals surface area contributed by atoms with Crippen LogP contribution in [0.25, 0.3) is 0 Å². The van der Waals surface area contributed by atoms with Gasteiger partial charge in [-0.05, 0) is 79.4 Å². The molecule has 1 spiro atoms. The van der Waals surface area contributed by atoms with Crippen molar-refractivity contribution >= 4 is 17.7 Å². The van der Waals surface area contributed by atoms with Gasteiger partial charge in [0, 0.05) is 6.54 Å². The summed E-state index contributed by atoms with van der Waals surface area (Å²) in [5.74, 6) is -0.0326. The van der Waals surface area contributed by atoms with Gasteiger partial charge in [0.15, 0.2) is 5.84 Å². The Labute approximate surface area is 246 Å². The molecular weight excluding hydrogens is 516 g/mol. The molecule has 8 heteroatoms. The van der Waals surface area contributed by atoms with Crippen LogP contribution in [0, 0.1) is 16.7 Å². The number of aromatic carboxylic acids is 1. The number of morpholine rings is 1. The van der Waals surface area contributed by atoms with Crippen molar-refractivity contribution in [3.05, 3.63) is 35.4 Å². The molecule has 1 saturated heterocycles. The van der Waals surface area contributed by atoms with E-state index in [-0.39, 0.29) is 28.3 Å². The summed E-state index contributed by atoms with van der Waals surface area (Å²) >= 11 is 0. The lowest BCUT2D eigenvalue weighted by Crippen LogP contribution is -2.64. The van der Waals surface area contributed by atoms with Crippen LogP contribution in [0.5, 0.6) is 0 Å². The summed E-state index contributed by atoms with van der Waals surface area (Å²) in [5.41, 5.74) is 6.74. The molecule has 0 bridgehead atoms. The zero-order valence-corrected chi connectivity index (χ0v) is 26.3. The quantitative estimate of drug-likeness (QED) is 0.418. The van der Waals surface area contributed by atoms with Gasteiger partial charge in [0.2, 0.25) is 0 Å². The molecule has 1 unspecified atom stereocenters. The van der Waals surface area contributed by atoms with Gasteiger partial charge in [-0.1, -0.05) is 67.0 Å². The molecule has 2 atom stereocenters. The molecule has 3 N–H and O–H groups in total. The third-order valence-corrected chi connectivity index (χ3v) is 9.54. The first-order chi connectivity index (χ1) is 19.1. The second kappa shape index (κ2) is 11.7. The largest absolute Gasteiger partial charge is 0.478 e. The van der Waals surface area contributed by atoms with Crippen LogP contribution in [-0.2, 0) is 15.2 Å². The average Bonchev–Trinajstić information content (AvgIpc) is 3.18. The van der Waals surface area contributed by atoms with Crippen LogP contribution < -0.4 is 5.73 Å². The predicted octanol–water partition coefficient (Wildman–Crippen LogP) is 6.00. The summed E-state index contributed by atoms with van der Waals surface area (Å²) < 4.78 is 5.82. The summed E-state index contributed by atoms with van der Waals surface area (Å²) in [6.45, 7) is 17.4. The first kappa shape index (κ1) is 31.5. The molecule has 2 fully saturated rings. The Bertz CT molecular complexity index is 1120. The standard InChI is InChI=1S/C33H52N4O4/c1-8-9-26-22-41-21-20-36(26)27-28(38)37(32(35-27)16-14-24(15-17-32)31(5,6)7)33(34,19-18-30(2,3)4)25-12-10-23(11-13-25)29(39)40/h10-13,24,26H,8-9,14-22,34H2,1-7H3,(H,39,40)/t24?,26?,32?,33-/m1/s1. The maximum absolute atomic E-state index is 14.8. The minimum atomic E-state index is -1.15. The van der Waals surface area contributed by atoms with Crippen LogP contribution in [0.1, 0.15) is 116 Å². The maximum Gasteiger partial charge on any atom is 0.335 e. The van der Waals surface area contributed by atoms with E-state index < -0.39 is 17.3 Å². The van der Waals surface area contributed by atoms with E-state index in [0.29, 0.717) is 37.9 Å². The molecule has 1 aromatic carbocycles. The number of carboxylic acids is 1. The van der Waals surface area contributed by atoms with Crippen molar-refractivity contribution < 1.29 is 19.4 Å². The summed E-state index contributed by atoms with van der Waals surface area (Å²) in [6, 6.07) is 6.89. The highest BCUT2D eigenvalue weighted by Gasteiger charge is 2.58. The molecule has 1 aliphatic carbocycles. The van der Waals surface area contributed by atoms with Crippen LogP contribution in [0.15, 0.2) is 29.3 Å². The van der Waals surface area contributed by atoms with Crippen molar-refractivity contribution in [1.82, 2.24) is 9.80 Å². The third kappa shape index (κ3) is 6.48. The van der Waals surface area contributed by atoms with E-state index in [4.69, 9.17) is 15.5 Å². The zero-order valence-electron chi connectivity index (χ0n) is 26.3. The number of amides is 1. The van der Waals surface area contributed by atoms with Crippen molar-refractivity contribution in [2.24, 2.45) is 27.5 Å². The van der Waals surface area contributed by atoms with Gasteiger partial charge in [-0.25, -0.2) is 9.79 Å². The topological polar surface area (TPSA) is 108 Å². The molecule has 2 heterocycles. The molecule has 8 nitrogen and oxygen atoms in total. The Balaban J connectivity index is 1.83. The highest BCUT2D eigenvalue weighted by Crippen LogP contribution is 2.50. The normalized spacial score (nSPS) is 27.2. The number of aliphatic imine (C=N–C) groups is 1. The smallest absolute Gasteiger partial charge is 0.335 e. The molecule has 1 amide bonds. The Hall–Kier alpha value is -2.45. The Morgan fingerprint density at radius 3 is 2.27 bits per heavy atom. The van der Waals surface area contributed by atoms with Crippen molar-refractivity contribution in [3.63, 3.8) is 0 Å². The summed E-state index contributed by atoms with van der Waals surface area (Å²) in [7, 11) is 0. The van der Waals surface area contributed by atoms with E-state index in [0.717, 1.165) is 50.5 Å². The van der Waals surface area contributed by atoms with Gasteiger partial charge < -0.3 is 20.5 Å². The predicted molar refractivity (Wildman–Crippen MR) is 163 cm³/mol. The second-order valence-corrected chi connectivity index (χ2v) is 14.8. The molecule has 2 aliphatic heterocycles. The fourth-order valence-corrected chi connectivity index (χ4v) is 6.96. The van der Waals surface area contributed by atoms with Gasteiger partial charge in [-0.15, -0.1) is 0 Å². The number of carbonyl (C=O) groups is 2. The molecule has 228 valence electrons. The number of ether oxygens (including phenoxy) is 1. The van der Waals surface area contributed by atoms with Crippen LogP contribution in [0.3, 0.4) is 0 Å². The van der Waals surface area contributed by atoms with E-state index in [9.17, 15) is 14.7 Å². The molecule has 0 radical (unpaired) electrons. The molecule has 41 heavy (non-hydrogen) atoms. The second-order valence-electron chi connectivity index (χ2n) is 14.8. The van der Waals surface area contributed by atoms with Crippen LogP contribution in [0.4, 0.5) is 0 Å². The molecular formula is C33H52N4O4. The zero-order chi connectivity index (χ0) is 30.2. The van der Waals surface area contributed by atoms with Gasteiger partial charge in [-0.3, -0.25) is 9.69 Å². The Kier molecular flexibility index (Phi) is 8.97. The highest BCUT2D eigenvalue weighted by atomic mass is 16.5. The number of hydrogen-bond donors (Lipinski definition) is 2. The number of hydrogen-bond acceptors (Lipinski definition) is 6. The fraction of sp³-hybridized carbons (Fsp3) is 0.727. The minimum Gasteiger partial charge on any atom is -0.478 e. The van der Waals surface area contributed by atoms with Crippen LogP contribution >= 0.6 is 0 Å². The average molecular weight is 569 g/mol. The summed E-state index contributed by atoms with van der Waals surface area (Å²) in [6.07, 6.45) is 6.72. The SMILES string of the molecule is CCCC1COCCN1C1=NC2(CCC(C(C)(C)C)CC2)N([C@](N)(CCC(C)(C)C)c2ccc(C(=O)O)cc2)C1=O. The van der Waals surface area contributed by atoms with Crippen molar-refractivity contribution in [1.29, 1.82) is 0 Å². The van der Waals surface area contributed by atoms with E-state index in [1.54, 1.807) is 24.3 Å². The molecule has 3 aliphatic rings. The maximum atomic E-state index is 14.8. The number of amidine groups is 1. The van der Waals surface area contributed by atoms with Crippen molar-refractivity contribution in [2.75, 3.05) is 19.8 Å². The molecule has 1 saturated carbocycles. The highest BCUT2D eigenvalue weighted by molar-refractivity contribution is 6.39. The van der Waals surface area contributed by atoms with Crippen molar-refractivity contribution in [2.45, 2.75) is 117 Å². The number of benzene rings is 1. The van der Waals surface area contributed by atoms with Gasteiger partial charge in [0.25, 0.3) is 5.91 Å². The van der Waals surface area contributed by atoms with E-state index in [2.05, 4.69) is 53.4 Å². The van der Waals surface area contributed by atoms with Crippen LogP contribution in [0.2, 0.25) is 0 Å². The Morgan fingerprint density at radius 1 is 1.10 bits per heavy atom. The van der Waals surface area contributed by atoms with E-state index >= 15 is 0 Å². The van der Waals surface area contributed by atoms with Gasteiger partial charge in [-0.2, -0.15) is 0 Å². The number of nitrogens with zero attached hydrogens (tertiary/aromatic N) is 3. The molecule has 4 rings (SSSR count). The molecule has 0 aromatic heterocycles. The fourth-order valence-electron chi connectivity index (χ4n) is 6.96. The van der Waals surface area contributed by atoms with E-state index in [1.165, 1.54) is 0 Å². The van der Waals surface area contributed by atoms with Gasteiger partial charge >= 0.3 is 5.97 Å². The van der Waals surface area contributed by atoms with E-state index in [1.807, 2.05) is 4.90 Å². The summed E-state index contributed by atoms with van der Waals surface area (Å²) in [5, 5.41) is 9.55. The minimum absolute atomic E-state index is 0.00836. The van der Waals surface area contributed by atoms with Gasteiger partial charge in [0.05, 0.1) is 24.8 Å². The Morgan fingerprint density at radius 2 is 1.73 bits per heavy atom.